The number of anilines is 2. The summed E-state index contributed by atoms with van der Waals surface area (Å²) >= 11 is 0. The zero-order valence-electron chi connectivity index (χ0n) is 11.4. The largest absolute Gasteiger partial charge is 0.481 e. The van der Waals surface area contributed by atoms with E-state index in [4.69, 9.17) is 4.74 Å². The van der Waals surface area contributed by atoms with Crippen molar-refractivity contribution in [1.29, 1.82) is 0 Å². The highest BCUT2D eigenvalue weighted by atomic mass is 16.5. The third kappa shape index (κ3) is 3.34. The van der Waals surface area contributed by atoms with Crippen LogP contribution in [0.4, 0.5) is 11.4 Å². The van der Waals surface area contributed by atoms with E-state index in [2.05, 4.69) is 20.2 Å². The Morgan fingerprint density at radius 3 is 2.68 bits per heavy atom. The second-order valence-corrected chi connectivity index (χ2v) is 4.35. The highest BCUT2D eigenvalue weighted by molar-refractivity contribution is 5.68. The Morgan fingerprint density at radius 1 is 1.21 bits per heavy atom. The molecule has 0 aliphatic carbocycles. The van der Waals surface area contributed by atoms with Crippen molar-refractivity contribution >= 4 is 11.4 Å². The van der Waals surface area contributed by atoms with Gasteiger partial charge in [-0.1, -0.05) is 6.07 Å². The Labute approximate surface area is 113 Å². The third-order valence-electron chi connectivity index (χ3n) is 2.77. The number of pyridine rings is 2. The minimum Gasteiger partial charge on any atom is -0.481 e. The minimum absolute atomic E-state index is 0.624. The Morgan fingerprint density at radius 2 is 2.05 bits per heavy atom. The minimum atomic E-state index is 0.624. The van der Waals surface area contributed by atoms with Gasteiger partial charge >= 0.3 is 0 Å². The molecule has 0 radical (unpaired) electrons. The summed E-state index contributed by atoms with van der Waals surface area (Å²) in [5.41, 5.74) is 3.20. The maximum Gasteiger partial charge on any atom is 0.212 e. The van der Waals surface area contributed by atoms with Crippen LogP contribution in [0.2, 0.25) is 0 Å². The summed E-state index contributed by atoms with van der Waals surface area (Å²) in [5.74, 6) is 0.624. The summed E-state index contributed by atoms with van der Waals surface area (Å²) in [6, 6.07) is 5.83. The first-order chi connectivity index (χ1) is 9.20. The summed E-state index contributed by atoms with van der Waals surface area (Å²) in [6.07, 6.45) is 5.42. The van der Waals surface area contributed by atoms with Gasteiger partial charge in [0.05, 0.1) is 24.7 Å². The lowest BCUT2D eigenvalue weighted by atomic mass is 10.2. The van der Waals surface area contributed by atoms with E-state index in [1.54, 1.807) is 19.5 Å². The molecule has 0 unspecified atom stereocenters. The smallest absolute Gasteiger partial charge is 0.212 e. The van der Waals surface area contributed by atoms with Crippen LogP contribution in [0.5, 0.6) is 5.88 Å². The summed E-state index contributed by atoms with van der Waals surface area (Å²) < 4.78 is 5.03. The molecule has 2 heterocycles. The number of hydrogen-bond donors (Lipinski definition) is 1. The van der Waals surface area contributed by atoms with Crippen LogP contribution in [0.1, 0.15) is 5.56 Å². The molecule has 0 aliphatic heterocycles. The molecular formula is C14H18N4O. The second-order valence-electron chi connectivity index (χ2n) is 4.35. The van der Waals surface area contributed by atoms with Gasteiger partial charge in [0, 0.05) is 39.1 Å². The van der Waals surface area contributed by atoms with E-state index in [0.717, 1.165) is 16.9 Å². The Kier molecular flexibility index (Phi) is 4.18. The molecule has 0 spiro atoms. The van der Waals surface area contributed by atoms with Gasteiger partial charge in [0.2, 0.25) is 5.88 Å². The van der Waals surface area contributed by atoms with Crippen molar-refractivity contribution in [3.8, 4) is 5.88 Å². The van der Waals surface area contributed by atoms with Crippen molar-refractivity contribution < 1.29 is 4.74 Å². The molecule has 5 nitrogen and oxygen atoms in total. The first kappa shape index (κ1) is 13.1. The standard InChI is InChI=1S/C14H18N4O/c1-18(2)13-6-7-15-10-12(13)16-8-11-4-5-14(19-3)17-9-11/h4-7,9-10,16H,8H2,1-3H3. The molecule has 5 heteroatoms. The van der Waals surface area contributed by atoms with Gasteiger partial charge in [0.1, 0.15) is 0 Å². The first-order valence-electron chi connectivity index (χ1n) is 6.05. The van der Waals surface area contributed by atoms with Crippen LogP contribution in [0.25, 0.3) is 0 Å². The van der Waals surface area contributed by atoms with Crippen molar-refractivity contribution in [2.45, 2.75) is 6.54 Å². The van der Waals surface area contributed by atoms with Crippen molar-refractivity contribution in [2.75, 3.05) is 31.4 Å². The lowest BCUT2D eigenvalue weighted by molar-refractivity contribution is 0.397. The number of nitrogens with zero attached hydrogens (tertiary/aromatic N) is 3. The maximum absolute atomic E-state index is 5.03. The number of ether oxygens (including phenoxy) is 1. The number of rotatable bonds is 5. The van der Waals surface area contributed by atoms with Gasteiger partial charge in [0.25, 0.3) is 0 Å². The summed E-state index contributed by atoms with van der Waals surface area (Å²) in [5, 5.41) is 3.36. The van der Waals surface area contributed by atoms with Crippen molar-refractivity contribution in [2.24, 2.45) is 0 Å². The lowest BCUT2D eigenvalue weighted by Gasteiger charge is -2.17. The number of methoxy groups -OCH3 is 1. The van der Waals surface area contributed by atoms with Gasteiger partial charge in [-0.15, -0.1) is 0 Å². The molecule has 1 N–H and O–H groups in total. The average Bonchev–Trinajstić information content (AvgIpc) is 2.46. The van der Waals surface area contributed by atoms with Gasteiger partial charge < -0.3 is 15.0 Å². The van der Waals surface area contributed by atoms with Crippen LogP contribution in [-0.2, 0) is 6.54 Å². The Balaban J connectivity index is 2.05. The number of hydrogen-bond acceptors (Lipinski definition) is 5. The molecule has 19 heavy (non-hydrogen) atoms. The van der Waals surface area contributed by atoms with Crippen LogP contribution in [-0.4, -0.2) is 31.2 Å². The van der Waals surface area contributed by atoms with Crippen LogP contribution in [0, 0.1) is 0 Å². The predicted molar refractivity (Wildman–Crippen MR) is 76.7 cm³/mol. The highest BCUT2D eigenvalue weighted by Crippen LogP contribution is 2.22. The Bertz CT molecular complexity index is 525. The van der Waals surface area contributed by atoms with E-state index in [1.165, 1.54) is 0 Å². The molecule has 2 aromatic rings. The molecule has 100 valence electrons. The van der Waals surface area contributed by atoms with Gasteiger partial charge in [-0.3, -0.25) is 4.98 Å². The molecule has 0 atom stereocenters. The fraction of sp³-hybridized carbons (Fsp3) is 0.286. The highest BCUT2D eigenvalue weighted by Gasteiger charge is 2.04. The molecule has 0 saturated heterocycles. The zero-order chi connectivity index (χ0) is 13.7. The van der Waals surface area contributed by atoms with Crippen molar-refractivity contribution in [1.82, 2.24) is 9.97 Å². The zero-order valence-corrected chi connectivity index (χ0v) is 11.4. The summed E-state index contributed by atoms with van der Waals surface area (Å²) in [4.78, 5) is 10.4. The summed E-state index contributed by atoms with van der Waals surface area (Å²) in [6.45, 7) is 0.698. The topological polar surface area (TPSA) is 50.3 Å². The normalized spacial score (nSPS) is 10.1. The van der Waals surface area contributed by atoms with Gasteiger partial charge in [-0.05, 0) is 11.6 Å². The molecule has 2 aromatic heterocycles. The quantitative estimate of drug-likeness (QED) is 0.890. The number of nitrogens with one attached hydrogen (secondary N) is 1. The van der Waals surface area contributed by atoms with E-state index in [9.17, 15) is 0 Å². The van der Waals surface area contributed by atoms with Crippen LogP contribution < -0.4 is 15.0 Å². The third-order valence-corrected chi connectivity index (χ3v) is 2.77. The van der Waals surface area contributed by atoms with E-state index in [1.807, 2.05) is 38.5 Å². The summed E-state index contributed by atoms with van der Waals surface area (Å²) in [7, 11) is 5.63. The fourth-order valence-electron chi connectivity index (χ4n) is 1.75. The Hall–Kier alpha value is -2.30. The van der Waals surface area contributed by atoms with Crippen molar-refractivity contribution in [3.05, 3.63) is 42.4 Å². The predicted octanol–water partition coefficient (Wildman–Crippen LogP) is 2.16. The van der Waals surface area contributed by atoms with Crippen LogP contribution in [0.15, 0.2) is 36.8 Å². The molecule has 0 aliphatic rings. The van der Waals surface area contributed by atoms with E-state index < -0.39 is 0 Å². The molecule has 0 saturated carbocycles. The van der Waals surface area contributed by atoms with E-state index >= 15 is 0 Å². The average molecular weight is 258 g/mol. The first-order valence-corrected chi connectivity index (χ1v) is 6.05. The molecule has 0 amide bonds. The van der Waals surface area contributed by atoms with Crippen LogP contribution in [0.3, 0.4) is 0 Å². The molecule has 2 rings (SSSR count). The SMILES string of the molecule is COc1ccc(CNc2cnccc2N(C)C)cn1. The van der Waals surface area contributed by atoms with Gasteiger partial charge in [-0.25, -0.2) is 4.98 Å². The molecular weight excluding hydrogens is 240 g/mol. The lowest BCUT2D eigenvalue weighted by Crippen LogP contribution is -2.12. The second kappa shape index (κ2) is 6.04. The van der Waals surface area contributed by atoms with Crippen LogP contribution >= 0.6 is 0 Å². The van der Waals surface area contributed by atoms with Gasteiger partial charge in [0.15, 0.2) is 0 Å². The van der Waals surface area contributed by atoms with E-state index in [-0.39, 0.29) is 0 Å². The van der Waals surface area contributed by atoms with Crippen molar-refractivity contribution in [3.63, 3.8) is 0 Å². The van der Waals surface area contributed by atoms with Gasteiger partial charge in [-0.2, -0.15) is 0 Å². The fourth-order valence-corrected chi connectivity index (χ4v) is 1.75. The molecule has 0 fully saturated rings. The maximum atomic E-state index is 5.03. The molecule has 0 aromatic carbocycles. The van der Waals surface area contributed by atoms with E-state index in [0.29, 0.717) is 12.4 Å². The molecule has 0 bridgehead atoms. The number of aromatic nitrogens is 2. The monoisotopic (exact) mass is 258 g/mol.